The standard InChI is InChI=1S/C28H34FN3O3/c1-26(2,35)18-30-24(33)28-13-10-27(11-14-28,12-15-28)20-6-8-21(9-7-20)31-25(34)32-16-19-4-3-5-23(29)22(19)17-32/h3-9,35H,10-18H2,1-2H3,(H,30,33)(H,31,34). The average Bonchev–Trinajstić information content (AvgIpc) is 3.30. The molecule has 7 heteroatoms. The Morgan fingerprint density at radius 2 is 1.66 bits per heavy atom. The summed E-state index contributed by atoms with van der Waals surface area (Å²) >= 11 is 0. The van der Waals surface area contributed by atoms with Crippen LogP contribution < -0.4 is 10.6 Å². The Labute approximate surface area is 205 Å². The van der Waals surface area contributed by atoms with Gasteiger partial charge in [-0.2, -0.15) is 0 Å². The highest BCUT2D eigenvalue weighted by Crippen LogP contribution is 2.57. The van der Waals surface area contributed by atoms with Gasteiger partial charge < -0.3 is 20.6 Å². The summed E-state index contributed by atoms with van der Waals surface area (Å²) in [6.07, 6.45) is 5.46. The zero-order valence-electron chi connectivity index (χ0n) is 20.5. The van der Waals surface area contributed by atoms with E-state index in [-0.39, 0.29) is 41.7 Å². The number of amides is 3. The van der Waals surface area contributed by atoms with Gasteiger partial charge in [0.2, 0.25) is 5.91 Å². The first kappa shape index (κ1) is 23.8. The Kier molecular flexibility index (Phi) is 5.86. The van der Waals surface area contributed by atoms with Gasteiger partial charge in [0.15, 0.2) is 0 Å². The van der Waals surface area contributed by atoms with Crippen LogP contribution in [0.3, 0.4) is 0 Å². The Morgan fingerprint density at radius 1 is 1.00 bits per heavy atom. The van der Waals surface area contributed by atoms with Crippen LogP contribution in [0.5, 0.6) is 0 Å². The van der Waals surface area contributed by atoms with Crippen molar-refractivity contribution < 1.29 is 19.1 Å². The second-order valence-corrected chi connectivity index (χ2v) is 11.3. The number of halogens is 1. The predicted octanol–water partition coefficient (Wildman–Crippen LogP) is 4.85. The molecule has 3 amide bonds. The number of hydrogen-bond donors (Lipinski definition) is 3. The first-order valence-electron chi connectivity index (χ1n) is 12.5. The van der Waals surface area contributed by atoms with Crippen LogP contribution in [-0.4, -0.2) is 34.1 Å². The van der Waals surface area contributed by atoms with Crippen LogP contribution >= 0.6 is 0 Å². The third-order valence-corrected chi connectivity index (χ3v) is 8.37. The molecule has 1 aliphatic heterocycles. The minimum absolute atomic E-state index is 0.0783. The van der Waals surface area contributed by atoms with E-state index in [4.69, 9.17) is 0 Å². The molecule has 3 saturated carbocycles. The van der Waals surface area contributed by atoms with Crippen LogP contribution in [0, 0.1) is 11.2 Å². The normalized spacial score (nSPS) is 25.3. The second kappa shape index (κ2) is 8.63. The molecule has 3 fully saturated rings. The number of hydrogen-bond acceptors (Lipinski definition) is 3. The molecular formula is C28H34FN3O3. The Hall–Kier alpha value is -2.93. The summed E-state index contributed by atoms with van der Waals surface area (Å²) < 4.78 is 14.0. The van der Waals surface area contributed by atoms with Crippen molar-refractivity contribution in [2.45, 2.75) is 76.5 Å². The molecule has 0 atom stereocenters. The summed E-state index contributed by atoms with van der Waals surface area (Å²) in [4.78, 5) is 27.3. The topological polar surface area (TPSA) is 81.7 Å². The lowest BCUT2D eigenvalue weighted by Crippen LogP contribution is -2.53. The second-order valence-electron chi connectivity index (χ2n) is 11.3. The zero-order chi connectivity index (χ0) is 24.8. The molecule has 2 bridgehead atoms. The SMILES string of the molecule is CC(C)(O)CNC(=O)C12CCC(c3ccc(NC(=O)N4Cc5cccc(F)c5C4)cc3)(CC1)CC2. The van der Waals surface area contributed by atoms with Gasteiger partial charge in [-0.05, 0) is 87.1 Å². The largest absolute Gasteiger partial charge is 0.389 e. The van der Waals surface area contributed by atoms with Crippen molar-refractivity contribution in [3.05, 3.63) is 65.0 Å². The maximum Gasteiger partial charge on any atom is 0.322 e. The molecule has 0 unspecified atom stereocenters. The first-order valence-corrected chi connectivity index (χ1v) is 12.5. The molecule has 0 aromatic heterocycles. The molecule has 0 saturated heterocycles. The van der Waals surface area contributed by atoms with Crippen LogP contribution in [0.1, 0.15) is 69.1 Å². The number of anilines is 1. The van der Waals surface area contributed by atoms with Crippen LogP contribution in [0.2, 0.25) is 0 Å². The molecule has 6 rings (SSSR count). The highest BCUT2D eigenvalue weighted by atomic mass is 19.1. The fourth-order valence-corrected chi connectivity index (χ4v) is 6.08. The first-order chi connectivity index (χ1) is 16.6. The minimum Gasteiger partial charge on any atom is -0.389 e. The van der Waals surface area contributed by atoms with Crippen molar-refractivity contribution in [2.24, 2.45) is 5.41 Å². The number of fused-ring (bicyclic) bond motifs is 4. The zero-order valence-corrected chi connectivity index (χ0v) is 20.5. The Balaban J connectivity index is 1.19. The molecule has 2 aromatic rings. The van der Waals surface area contributed by atoms with Gasteiger partial charge in [-0.25, -0.2) is 9.18 Å². The summed E-state index contributed by atoms with van der Waals surface area (Å²) in [7, 11) is 0. The fourth-order valence-electron chi connectivity index (χ4n) is 6.08. The number of aliphatic hydroxyl groups is 1. The van der Waals surface area contributed by atoms with Crippen molar-refractivity contribution in [3.8, 4) is 0 Å². The summed E-state index contributed by atoms with van der Waals surface area (Å²) in [5.74, 6) is -0.185. The molecule has 3 aliphatic carbocycles. The van der Waals surface area contributed by atoms with E-state index < -0.39 is 5.60 Å². The highest BCUT2D eigenvalue weighted by molar-refractivity contribution is 5.89. The van der Waals surface area contributed by atoms with Crippen LogP contribution in [-0.2, 0) is 23.3 Å². The number of benzene rings is 2. The predicted molar refractivity (Wildman–Crippen MR) is 132 cm³/mol. The Morgan fingerprint density at radius 3 is 2.26 bits per heavy atom. The smallest absolute Gasteiger partial charge is 0.322 e. The van der Waals surface area contributed by atoms with Gasteiger partial charge in [0.05, 0.1) is 12.1 Å². The van der Waals surface area contributed by atoms with E-state index in [1.807, 2.05) is 18.2 Å². The maximum absolute atomic E-state index is 14.0. The highest BCUT2D eigenvalue weighted by Gasteiger charge is 2.52. The number of nitrogens with one attached hydrogen (secondary N) is 2. The molecular weight excluding hydrogens is 445 g/mol. The number of nitrogens with zero attached hydrogens (tertiary/aromatic N) is 1. The van der Waals surface area contributed by atoms with Crippen molar-refractivity contribution in [1.29, 1.82) is 0 Å². The van der Waals surface area contributed by atoms with E-state index in [9.17, 15) is 19.1 Å². The monoisotopic (exact) mass is 479 g/mol. The number of urea groups is 1. The summed E-state index contributed by atoms with van der Waals surface area (Å²) in [6, 6.07) is 12.8. The molecule has 3 N–H and O–H groups in total. The van der Waals surface area contributed by atoms with Crippen LogP contribution in [0.25, 0.3) is 0 Å². The summed E-state index contributed by atoms with van der Waals surface area (Å²) in [5.41, 5.74) is 2.29. The average molecular weight is 480 g/mol. The van der Waals surface area contributed by atoms with Crippen molar-refractivity contribution in [2.75, 3.05) is 11.9 Å². The van der Waals surface area contributed by atoms with Gasteiger partial charge in [0, 0.05) is 29.8 Å². The third kappa shape index (κ3) is 4.54. The molecule has 35 heavy (non-hydrogen) atoms. The molecule has 6 nitrogen and oxygen atoms in total. The lowest BCUT2D eigenvalue weighted by molar-refractivity contribution is -0.138. The van der Waals surface area contributed by atoms with Gasteiger partial charge in [0.1, 0.15) is 5.82 Å². The van der Waals surface area contributed by atoms with Crippen molar-refractivity contribution in [1.82, 2.24) is 10.2 Å². The van der Waals surface area contributed by atoms with Gasteiger partial charge in [-0.3, -0.25) is 4.79 Å². The maximum atomic E-state index is 14.0. The lowest BCUT2D eigenvalue weighted by Gasteiger charge is -2.53. The molecule has 1 heterocycles. The van der Waals surface area contributed by atoms with E-state index in [1.165, 1.54) is 11.6 Å². The number of carbonyl (C=O) groups excluding carboxylic acids is 2. The van der Waals surface area contributed by atoms with Gasteiger partial charge >= 0.3 is 6.03 Å². The van der Waals surface area contributed by atoms with E-state index in [0.29, 0.717) is 12.1 Å². The quantitative estimate of drug-likeness (QED) is 0.573. The Bertz CT molecular complexity index is 1110. The molecule has 186 valence electrons. The van der Waals surface area contributed by atoms with E-state index in [1.54, 1.807) is 24.8 Å². The van der Waals surface area contributed by atoms with Gasteiger partial charge in [-0.1, -0.05) is 24.3 Å². The molecule has 0 radical (unpaired) electrons. The van der Waals surface area contributed by atoms with E-state index in [0.717, 1.165) is 49.8 Å². The van der Waals surface area contributed by atoms with Gasteiger partial charge in [-0.15, -0.1) is 0 Å². The van der Waals surface area contributed by atoms with Crippen LogP contribution in [0.4, 0.5) is 14.9 Å². The van der Waals surface area contributed by atoms with Crippen LogP contribution in [0.15, 0.2) is 42.5 Å². The molecule has 4 aliphatic rings. The number of rotatable bonds is 5. The minimum atomic E-state index is -0.911. The van der Waals surface area contributed by atoms with Crippen molar-refractivity contribution in [3.63, 3.8) is 0 Å². The summed E-state index contributed by atoms with van der Waals surface area (Å²) in [6.45, 7) is 4.36. The third-order valence-electron chi connectivity index (χ3n) is 8.37. The van der Waals surface area contributed by atoms with E-state index in [2.05, 4.69) is 22.8 Å². The van der Waals surface area contributed by atoms with Crippen molar-refractivity contribution >= 4 is 17.6 Å². The number of carbonyl (C=O) groups is 2. The van der Waals surface area contributed by atoms with E-state index >= 15 is 0 Å². The fraction of sp³-hybridized carbons (Fsp3) is 0.500. The van der Waals surface area contributed by atoms with Gasteiger partial charge in [0.25, 0.3) is 0 Å². The molecule has 2 aromatic carbocycles. The summed E-state index contributed by atoms with van der Waals surface area (Å²) in [5, 5.41) is 15.9. The lowest BCUT2D eigenvalue weighted by atomic mass is 9.51. The molecule has 0 spiro atoms.